The summed E-state index contributed by atoms with van der Waals surface area (Å²) >= 11 is 2.36. The second kappa shape index (κ2) is 11.1. The summed E-state index contributed by atoms with van der Waals surface area (Å²) in [7, 11) is 1.56. The number of rotatable bonds is 8. The highest BCUT2D eigenvalue weighted by Crippen LogP contribution is 2.24. The van der Waals surface area contributed by atoms with Crippen LogP contribution in [0.15, 0.2) is 66.4 Å². The molecule has 0 bridgehead atoms. The Balaban J connectivity index is 1.49. The molecule has 180 valence electrons. The number of likely N-dealkylation sites (N-methyl/N-ethyl adjacent to an activating group) is 1. The third-order valence-electron chi connectivity index (χ3n) is 4.97. The zero-order valence-electron chi connectivity index (χ0n) is 18.4. The van der Waals surface area contributed by atoms with Gasteiger partial charge in [0, 0.05) is 31.4 Å². The van der Waals surface area contributed by atoms with E-state index >= 15 is 0 Å². The lowest BCUT2D eigenvalue weighted by atomic mass is 10.0. The van der Waals surface area contributed by atoms with Gasteiger partial charge >= 0.3 is 6.03 Å². The van der Waals surface area contributed by atoms with Crippen LogP contribution in [0, 0.1) is 11.6 Å². The maximum absolute atomic E-state index is 13.8. The molecular weight excluding hydrogens is 494 g/mol. The summed E-state index contributed by atoms with van der Waals surface area (Å²) in [6, 6.07) is 10.1. The number of hydrogen-bond donors (Lipinski definition) is 3. The monoisotopic (exact) mass is 514 g/mol. The zero-order chi connectivity index (χ0) is 24.8. The Bertz CT molecular complexity index is 1320. The van der Waals surface area contributed by atoms with E-state index in [0.29, 0.717) is 11.4 Å². The molecular formula is C23H20F2N6O2S2. The van der Waals surface area contributed by atoms with Gasteiger partial charge in [0.25, 0.3) is 0 Å². The average Bonchev–Trinajstić information content (AvgIpc) is 3.31. The van der Waals surface area contributed by atoms with Crippen molar-refractivity contribution in [1.82, 2.24) is 20.0 Å². The van der Waals surface area contributed by atoms with Crippen LogP contribution in [-0.4, -0.2) is 35.0 Å². The Morgan fingerprint density at radius 3 is 2.69 bits per heavy atom. The van der Waals surface area contributed by atoms with Crippen molar-refractivity contribution in [3.63, 3.8) is 0 Å². The van der Waals surface area contributed by atoms with Gasteiger partial charge in [-0.2, -0.15) is 0 Å². The molecule has 2 heterocycles. The number of nitrogens with one attached hydrogen (secondary N) is 3. The van der Waals surface area contributed by atoms with Gasteiger partial charge in [-0.15, -0.1) is 11.3 Å². The number of hydrogen-bond acceptors (Lipinski definition) is 7. The number of nitrogens with zero attached hydrogens (tertiary/aromatic N) is 3. The first kappa shape index (κ1) is 24.4. The standard InChI is InChI=1S/C23H20F2N6O2S2/c1-31(18-4-5-21-19(11-18)27-13-34-21)22(32)20(9-14-7-15(24)10-16(25)8-14)28-23(33)30-35-29-17-3-2-6-26-12-17/h2-8,10-13,20,29H,9H2,1H3,(H2,28,30,33). The van der Waals surface area contributed by atoms with Gasteiger partial charge in [-0.1, -0.05) is 0 Å². The van der Waals surface area contributed by atoms with Gasteiger partial charge < -0.3 is 14.9 Å². The lowest BCUT2D eigenvalue weighted by Crippen LogP contribution is -2.50. The van der Waals surface area contributed by atoms with E-state index in [0.717, 1.165) is 40.5 Å². The molecule has 0 saturated heterocycles. The summed E-state index contributed by atoms with van der Waals surface area (Å²) in [6.45, 7) is 0. The zero-order valence-corrected chi connectivity index (χ0v) is 20.0. The van der Waals surface area contributed by atoms with E-state index in [2.05, 4.69) is 24.7 Å². The molecule has 35 heavy (non-hydrogen) atoms. The number of thiazole rings is 1. The smallest absolute Gasteiger partial charge is 0.325 e. The normalized spacial score (nSPS) is 11.6. The van der Waals surface area contributed by atoms with E-state index in [1.165, 1.54) is 16.2 Å². The quantitative estimate of drug-likeness (QED) is 0.299. The van der Waals surface area contributed by atoms with E-state index in [1.807, 2.05) is 6.07 Å². The number of carbonyl (C=O) groups is 2. The minimum atomic E-state index is -1.11. The number of pyridine rings is 1. The molecule has 0 spiro atoms. The summed E-state index contributed by atoms with van der Waals surface area (Å²) in [6.07, 6.45) is 3.07. The molecule has 0 radical (unpaired) electrons. The van der Waals surface area contributed by atoms with Gasteiger partial charge in [-0.25, -0.2) is 18.6 Å². The molecule has 4 rings (SSSR count). The Kier molecular flexibility index (Phi) is 7.73. The van der Waals surface area contributed by atoms with Crippen LogP contribution >= 0.6 is 23.5 Å². The first-order chi connectivity index (χ1) is 16.9. The highest BCUT2D eigenvalue weighted by Gasteiger charge is 2.26. The van der Waals surface area contributed by atoms with Gasteiger partial charge in [0.1, 0.15) is 17.7 Å². The number of urea groups is 1. The molecule has 0 aliphatic heterocycles. The number of benzene rings is 2. The maximum atomic E-state index is 13.8. The van der Waals surface area contributed by atoms with Crippen LogP contribution in [0.5, 0.6) is 0 Å². The molecule has 2 aromatic heterocycles. The number of halogens is 2. The second-order valence-corrected chi connectivity index (χ2v) is 8.96. The highest BCUT2D eigenvalue weighted by atomic mass is 32.2. The van der Waals surface area contributed by atoms with Crippen LogP contribution in [0.4, 0.5) is 25.0 Å². The highest BCUT2D eigenvalue weighted by molar-refractivity contribution is 7.99. The van der Waals surface area contributed by atoms with E-state index in [1.54, 1.807) is 49.2 Å². The van der Waals surface area contributed by atoms with Crippen LogP contribution in [0.25, 0.3) is 10.2 Å². The van der Waals surface area contributed by atoms with Crippen LogP contribution in [0.2, 0.25) is 0 Å². The predicted octanol–water partition coefficient (Wildman–Crippen LogP) is 4.52. The topological polar surface area (TPSA) is 99.2 Å². The van der Waals surface area contributed by atoms with Gasteiger partial charge in [-0.3, -0.25) is 14.5 Å². The van der Waals surface area contributed by atoms with Crippen molar-refractivity contribution >= 4 is 57.0 Å². The number of anilines is 2. The molecule has 2 aromatic carbocycles. The lowest BCUT2D eigenvalue weighted by molar-refractivity contribution is -0.120. The predicted molar refractivity (Wildman–Crippen MR) is 134 cm³/mol. The summed E-state index contributed by atoms with van der Waals surface area (Å²) in [4.78, 5) is 35.5. The van der Waals surface area contributed by atoms with Crippen molar-refractivity contribution in [1.29, 1.82) is 0 Å². The Morgan fingerprint density at radius 2 is 1.94 bits per heavy atom. The second-order valence-electron chi connectivity index (χ2n) is 7.46. The molecule has 12 heteroatoms. The first-order valence-corrected chi connectivity index (χ1v) is 12.0. The van der Waals surface area contributed by atoms with Crippen LogP contribution in [-0.2, 0) is 11.2 Å². The molecule has 8 nitrogen and oxygen atoms in total. The fraction of sp³-hybridized carbons (Fsp3) is 0.130. The SMILES string of the molecule is CN(C(=O)C(Cc1cc(F)cc(F)c1)NC(=O)NSNc1cccnc1)c1ccc2scnc2c1. The fourth-order valence-electron chi connectivity index (χ4n) is 3.32. The molecule has 4 aromatic rings. The number of amides is 3. The molecule has 1 atom stereocenters. The van der Waals surface area contributed by atoms with Gasteiger partial charge in [0.15, 0.2) is 0 Å². The molecule has 0 saturated carbocycles. The molecule has 0 aliphatic rings. The van der Waals surface area contributed by atoms with Crippen molar-refractivity contribution in [3.05, 3.63) is 83.6 Å². The molecule has 0 aliphatic carbocycles. The fourth-order valence-corrected chi connectivity index (χ4v) is 4.42. The molecule has 0 fully saturated rings. The Labute approximate surface area is 208 Å². The van der Waals surface area contributed by atoms with E-state index in [-0.39, 0.29) is 12.0 Å². The van der Waals surface area contributed by atoms with E-state index in [9.17, 15) is 18.4 Å². The largest absolute Gasteiger partial charge is 0.326 e. The van der Waals surface area contributed by atoms with Crippen molar-refractivity contribution in [3.8, 4) is 0 Å². The Morgan fingerprint density at radius 1 is 1.14 bits per heavy atom. The van der Waals surface area contributed by atoms with E-state index < -0.39 is 29.6 Å². The van der Waals surface area contributed by atoms with Crippen molar-refractivity contribution in [2.45, 2.75) is 12.5 Å². The third-order valence-corrected chi connectivity index (χ3v) is 6.41. The summed E-state index contributed by atoms with van der Waals surface area (Å²) < 4.78 is 33.9. The van der Waals surface area contributed by atoms with Crippen molar-refractivity contribution in [2.75, 3.05) is 16.7 Å². The van der Waals surface area contributed by atoms with Gasteiger partial charge in [0.05, 0.1) is 39.7 Å². The Hall–Kier alpha value is -3.77. The van der Waals surface area contributed by atoms with Crippen molar-refractivity contribution < 1.29 is 18.4 Å². The summed E-state index contributed by atoms with van der Waals surface area (Å²) in [5, 5.41) is 2.60. The van der Waals surface area contributed by atoms with Gasteiger partial charge in [-0.05, 0) is 48.0 Å². The molecule has 3 N–H and O–H groups in total. The number of fused-ring (bicyclic) bond motifs is 1. The molecule has 1 unspecified atom stereocenters. The minimum Gasteiger partial charge on any atom is -0.325 e. The minimum absolute atomic E-state index is 0.120. The van der Waals surface area contributed by atoms with Gasteiger partial charge in [0.2, 0.25) is 5.91 Å². The van der Waals surface area contributed by atoms with Crippen LogP contribution in [0.1, 0.15) is 5.56 Å². The van der Waals surface area contributed by atoms with Crippen LogP contribution in [0.3, 0.4) is 0 Å². The number of carbonyl (C=O) groups excluding carboxylic acids is 2. The van der Waals surface area contributed by atoms with E-state index in [4.69, 9.17) is 0 Å². The summed E-state index contributed by atoms with van der Waals surface area (Å²) in [5.41, 5.74) is 3.90. The lowest BCUT2D eigenvalue weighted by Gasteiger charge is -2.25. The van der Waals surface area contributed by atoms with Crippen LogP contribution < -0.4 is 19.7 Å². The first-order valence-electron chi connectivity index (χ1n) is 10.3. The summed E-state index contributed by atoms with van der Waals surface area (Å²) in [5.74, 6) is -2.01. The average molecular weight is 515 g/mol. The van der Waals surface area contributed by atoms with Crippen molar-refractivity contribution in [2.24, 2.45) is 0 Å². The number of aromatic nitrogens is 2. The maximum Gasteiger partial charge on any atom is 0.326 e. The molecule has 3 amide bonds. The third kappa shape index (κ3) is 6.43.